The predicted octanol–water partition coefficient (Wildman–Crippen LogP) is 4.58. The topological polar surface area (TPSA) is 95.0 Å². The summed E-state index contributed by atoms with van der Waals surface area (Å²) < 4.78 is 8.37. The van der Waals surface area contributed by atoms with Crippen molar-refractivity contribution >= 4 is 46.2 Å². The number of amides is 1. The molecule has 0 radical (unpaired) electrons. The molecule has 0 aliphatic carbocycles. The molecule has 1 aromatic carbocycles. The number of ether oxygens (including phenoxy) is 1. The number of carbonyl (C=O) groups excluding carboxylic acids is 2. The van der Waals surface area contributed by atoms with Crippen LogP contribution in [0.15, 0.2) is 64.5 Å². The van der Waals surface area contributed by atoms with E-state index in [1.54, 1.807) is 54.1 Å². The Bertz CT molecular complexity index is 1660. The number of nitrogens with zero attached hydrogens (tertiary/aromatic N) is 4. The summed E-state index contributed by atoms with van der Waals surface area (Å²) in [6.45, 7) is 8.01. The Morgan fingerprint density at radius 2 is 1.89 bits per heavy atom. The van der Waals surface area contributed by atoms with Gasteiger partial charge in [0.1, 0.15) is 16.9 Å². The van der Waals surface area contributed by atoms with Gasteiger partial charge < -0.3 is 9.30 Å². The van der Waals surface area contributed by atoms with Crippen LogP contribution < -0.4 is 11.0 Å². The Kier molecular flexibility index (Phi) is 7.69. The normalized spacial score (nSPS) is 12.2. The van der Waals surface area contributed by atoms with E-state index in [0.29, 0.717) is 22.9 Å². The molecule has 37 heavy (non-hydrogen) atoms. The van der Waals surface area contributed by atoms with E-state index in [4.69, 9.17) is 21.3 Å². The second-order valence-corrected chi connectivity index (χ2v) is 9.42. The van der Waals surface area contributed by atoms with Crippen molar-refractivity contribution in [1.29, 1.82) is 0 Å². The fourth-order valence-electron chi connectivity index (χ4n) is 3.99. The van der Waals surface area contributed by atoms with Gasteiger partial charge in [-0.3, -0.25) is 14.0 Å². The van der Waals surface area contributed by atoms with Gasteiger partial charge in [-0.25, -0.2) is 9.78 Å². The Labute approximate surface area is 218 Å². The van der Waals surface area contributed by atoms with Gasteiger partial charge >= 0.3 is 5.97 Å². The van der Waals surface area contributed by atoms with E-state index < -0.39 is 11.9 Å². The standard InChI is InChI=1S/C28H27ClN4O4/c1-5-37-28(36)22-15-21-25(31-24-18(4)7-6-14-32(24)27(21)35)33(16-17(2)3)26(22)30-23(34)13-10-19-8-11-20(29)12-9-19/h6-15,17H,5,16H2,1-4H3/b13-10+,30-26?. The van der Waals surface area contributed by atoms with Gasteiger partial charge in [0.25, 0.3) is 11.5 Å². The molecule has 0 fully saturated rings. The van der Waals surface area contributed by atoms with Gasteiger partial charge in [0.05, 0.1) is 12.0 Å². The van der Waals surface area contributed by atoms with Crippen molar-refractivity contribution in [1.82, 2.24) is 14.0 Å². The minimum atomic E-state index is -0.677. The summed E-state index contributed by atoms with van der Waals surface area (Å²) in [5.74, 6) is -1.16. The van der Waals surface area contributed by atoms with Crippen LogP contribution in [0.2, 0.25) is 5.02 Å². The number of aryl methyl sites for hydroxylation is 1. The molecule has 1 amide bonds. The average molecular weight is 519 g/mol. The largest absolute Gasteiger partial charge is 0.462 e. The fourth-order valence-corrected chi connectivity index (χ4v) is 4.11. The van der Waals surface area contributed by atoms with Crippen molar-refractivity contribution in [2.45, 2.75) is 34.2 Å². The zero-order valence-electron chi connectivity index (χ0n) is 21.1. The Morgan fingerprint density at radius 1 is 1.16 bits per heavy atom. The summed E-state index contributed by atoms with van der Waals surface area (Å²) in [5.41, 5.74) is 2.20. The second-order valence-electron chi connectivity index (χ2n) is 8.98. The van der Waals surface area contributed by atoms with Crippen molar-refractivity contribution < 1.29 is 14.3 Å². The number of hydrogen-bond donors (Lipinski definition) is 0. The Hall–Kier alpha value is -4.04. The third kappa shape index (κ3) is 5.54. The maximum atomic E-state index is 13.5. The monoisotopic (exact) mass is 518 g/mol. The highest BCUT2D eigenvalue weighted by atomic mass is 35.5. The first kappa shape index (κ1) is 26.0. The van der Waals surface area contributed by atoms with E-state index in [1.807, 2.05) is 26.8 Å². The number of rotatable bonds is 6. The van der Waals surface area contributed by atoms with Crippen molar-refractivity contribution in [3.63, 3.8) is 0 Å². The minimum Gasteiger partial charge on any atom is -0.462 e. The number of hydrogen-bond acceptors (Lipinski definition) is 5. The number of carbonyl (C=O) groups is 2. The second kappa shape index (κ2) is 10.9. The molecule has 4 rings (SSSR count). The van der Waals surface area contributed by atoms with Crippen molar-refractivity contribution in [2.24, 2.45) is 10.9 Å². The van der Waals surface area contributed by atoms with Crippen LogP contribution in [0, 0.1) is 12.8 Å². The van der Waals surface area contributed by atoms with Crippen LogP contribution in [-0.4, -0.2) is 32.4 Å². The fraction of sp³-hybridized carbons (Fsp3) is 0.250. The summed E-state index contributed by atoms with van der Waals surface area (Å²) in [5, 5.41) is 0.819. The molecule has 0 aliphatic rings. The molecule has 0 saturated carbocycles. The Morgan fingerprint density at radius 3 is 2.57 bits per heavy atom. The molecule has 0 saturated heterocycles. The zero-order valence-corrected chi connectivity index (χ0v) is 21.8. The van der Waals surface area contributed by atoms with Crippen molar-refractivity contribution in [3.8, 4) is 0 Å². The number of fused-ring (bicyclic) bond motifs is 2. The van der Waals surface area contributed by atoms with Crippen LogP contribution in [-0.2, 0) is 16.1 Å². The molecule has 0 N–H and O–H groups in total. The molecule has 0 aliphatic heterocycles. The molecule has 9 heteroatoms. The first-order valence-corrected chi connectivity index (χ1v) is 12.3. The first-order chi connectivity index (χ1) is 17.7. The van der Waals surface area contributed by atoms with Crippen LogP contribution in [0.3, 0.4) is 0 Å². The van der Waals surface area contributed by atoms with Crippen LogP contribution >= 0.6 is 11.6 Å². The number of halogens is 1. The summed E-state index contributed by atoms with van der Waals surface area (Å²) in [6, 6.07) is 12.0. The molecular weight excluding hydrogens is 492 g/mol. The molecule has 0 spiro atoms. The lowest BCUT2D eigenvalue weighted by Crippen LogP contribution is -2.33. The maximum absolute atomic E-state index is 13.5. The number of aromatic nitrogens is 3. The van der Waals surface area contributed by atoms with Gasteiger partial charge in [-0.15, -0.1) is 0 Å². The quantitative estimate of drug-likeness (QED) is 0.211. The van der Waals surface area contributed by atoms with E-state index in [9.17, 15) is 14.4 Å². The van der Waals surface area contributed by atoms with E-state index >= 15 is 0 Å². The van der Waals surface area contributed by atoms with E-state index in [-0.39, 0.29) is 34.5 Å². The van der Waals surface area contributed by atoms with Gasteiger partial charge in [0.15, 0.2) is 5.49 Å². The molecular formula is C28H27ClN4O4. The summed E-state index contributed by atoms with van der Waals surface area (Å²) >= 11 is 5.93. The lowest BCUT2D eigenvalue weighted by atomic mass is 10.1. The summed E-state index contributed by atoms with van der Waals surface area (Å²) in [7, 11) is 0. The van der Waals surface area contributed by atoms with Gasteiger partial charge in [-0.05, 0) is 61.2 Å². The third-order valence-electron chi connectivity index (χ3n) is 5.65. The lowest BCUT2D eigenvalue weighted by Gasteiger charge is -2.17. The smallest absolute Gasteiger partial charge is 0.341 e. The number of esters is 1. The molecule has 8 nitrogen and oxygen atoms in total. The summed E-state index contributed by atoms with van der Waals surface area (Å²) in [6.07, 6.45) is 4.56. The van der Waals surface area contributed by atoms with Crippen molar-refractivity contribution in [2.75, 3.05) is 6.61 Å². The summed E-state index contributed by atoms with van der Waals surface area (Å²) in [4.78, 5) is 48.5. The van der Waals surface area contributed by atoms with E-state index in [0.717, 1.165) is 11.1 Å². The first-order valence-electron chi connectivity index (χ1n) is 11.9. The molecule has 4 aromatic rings. The highest BCUT2D eigenvalue weighted by molar-refractivity contribution is 6.30. The number of benzene rings is 1. The minimum absolute atomic E-state index is 0.0229. The van der Waals surface area contributed by atoms with Gasteiger partial charge in [-0.2, -0.15) is 4.99 Å². The van der Waals surface area contributed by atoms with Crippen LogP contribution in [0.5, 0.6) is 0 Å². The molecule has 0 unspecified atom stereocenters. The molecule has 3 heterocycles. The molecule has 0 atom stereocenters. The van der Waals surface area contributed by atoms with Crippen LogP contribution in [0.1, 0.15) is 42.3 Å². The third-order valence-corrected chi connectivity index (χ3v) is 5.90. The highest BCUT2D eigenvalue weighted by Gasteiger charge is 2.20. The van der Waals surface area contributed by atoms with Crippen molar-refractivity contribution in [3.05, 3.63) is 92.3 Å². The van der Waals surface area contributed by atoms with Crippen LogP contribution in [0.25, 0.3) is 22.8 Å². The predicted molar refractivity (Wildman–Crippen MR) is 144 cm³/mol. The average Bonchev–Trinajstić information content (AvgIpc) is 2.85. The maximum Gasteiger partial charge on any atom is 0.341 e. The number of pyridine rings is 2. The van der Waals surface area contributed by atoms with E-state index in [2.05, 4.69) is 4.99 Å². The zero-order chi connectivity index (χ0) is 26.7. The lowest BCUT2D eigenvalue weighted by molar-refractivity contribution is -0.113. The SMILES string of the molecule is CCOC(=O)c1cc2c(=O)n3cccc(C)c3nc2n(CC(C)C)c1=NC(=O)/C=C/c1ccc(Cl)cc1. The van der Waals surface area contributed by atoms with E-state index in [1.165, 1.54) is 16.5 Å². The molecule has 0 bridgehead atoms. The molecule has 3 aromatic heterocycles. The van der Waals surface area contributed by atoms with Gasteiger partial charge in [0.2, 0.25) is 0 Å². The van der Waals surface area contributed by atoms with Crippen LogP contribution in [0.4, 0.5) is 0 Å². The molecule has 190 valence electrons. The highest BCUT2D eigenvalue weighted by Crippen LogP contribution is 2.15. The Balaban J connectivity index is 2.03. The van der Waals surface area contributed by atoms with Gasteiger partial charge in [0, 0.05) is 23.8 Å². The van der Waals surface area contributed by atoms with Gasteiger partial charge in [-0.1, -0.05) is 43.6 Å².